The quantitative estimate of drug-likeness (QED) is 0.472. The van der Waals surface area contributed by atoms with Crippen molar-refractivity contribution in [2.75, 3.05) is 0 Å². The van der Waals surface area contributed by atoms with Crippen molar-refractivity contribution in [3.63, 3.8) is 0 Å². The zero-order valence-electron chi connectivity index (χ0n) is 15.3. The lowest BCUT2D eigenvalue weighted by molar-refractivity contribution is -0.148. The van der Waals surface area contributed by atoms with Crippen LogP contribution in [-0.2, 0) is 23.9 Å². The van der Waals surface area contributed by atoms with Gasteiger partial charge in [-0.3, -0.25) is 0 Å². The maximum Gasteiger partial charge on any atom is 0.334 e. The van der Waals surface area contributed by atoms with Crippen molar-refractivity contribution < 1.29 is 29.0 Å². The van der Waals surface area contributed by atoms with Gasteiger partial charge < -0.3 is 14.6 Å². The Bertz CT molecular complexity index is 725. The van der Waals surface area contributed by atoms with Crippen LogP contribution in [0.5, 0.6) is 0 Å². The highest BCUT2D eigenvalue weighted by atomic mass is 16.6. The lowest BCUT2D eigenvalue weighted by Crippen LogP contribution is -2.34. The molecule has 0 aromatic heterocycles. The Morgan fingerprint density at radius 2 is 2.12 bits per heavy atom. The van der Waals surface area contributed by atoms with E-state index in [1.807, 2.05) is 13.0 Å². The third-order valence-electron chi connectivity index (χ3n) is 4.75. The summed E-state index contributed by atoms with van der Waals surface area (Å²) in [5, 5.41) is 9.49. The Hall–Kier alpha value is -2.63. The second kappa shape index (κ2) is 8.17. The maximum atomic E-state index is 12.3. The third-order valence-corrected chi connectivity index (χ3v) is 4.75. The first-order valence-electron chi connectivity index (χ1n) is 8.57. The molecule has 1 aliphatic heterocycles. The first-order valence-corrected chi connectivity index (χ1v) is 8.57. The van der Waals surface area contributed by atoms with Crippen LogP contribution in [0.15, 0.2) is 47.1 Å². The molecule has 1 saturated heterocycles. The summed E-state index contributed by atoms with van der Waals surface area (Å²) in [4.78, 5) is 35.9. The minimum absolute atomic E-state index is 0.0121. The number of rotatable bonds is 3. The number of allylic oxidation sites excluding steroid dienone is 3. The largest absolute Gasteiger partial charge is 0.478 e. The SMILES string of the molecule is C=C1C(=O)O[C@@H]2/C=C(/C)CC/C=C(/C(=O)O)C[C@@H](OC(=O)/C(C)=C\C)[C@@H]12. The molecule has 0 aromatic rings. The minimum atomic E-state index is -1.07. The molecule has 2 aliphatic rings. The molecule has 1 fully saturated rings. The number of esters is 2. The second-order valence-corrected chi connectivity index (χ2v) is 6.63. The molecule has 3 atom stereocenters. The monoisotopic (exact) mass is 360 g/mol. The molecule has 0 aromatic carbocycles. The molecule has 0 unspecified atom stereocenters. The first-order chi connectivity index (χ1) is 12.2. The van der Waals surface area contributed by atoms with Crippen LogP contribution in [0.25, 0.3) is 0 Å². The van der Waals surface area contributed by atoms with Crippen LogP contribution < -0.4 is 0 Å². The van der Waals surface area contributed by atoms with Crippen LogP contribution in [0.4, 0.5) is 0 Å². The number of carboxylic acids is 1. The second-order valence-electron chi connectivity index (χ2n) is 6.63. The molecule has 1 aliphatic carbocycles. The molecule has 26 heavy (non-hydrogen) atoms. The van der Waals surface area contributed by atoms with E-state index in [0.29, 0.717) is 18.4 Å². The van der Waals surface area contributed by atoms with Gasteiger partial charge >= 0.3 is 17.9 Å². The molecule has 0 saturated carbocycles. The van der Waals surface area contributed by atoms with E-state index in [1.165, 1.54) is 0 Å². The Kier molecular flexibility index (Phi) is 6.18. The normalized spacial score (nSPS) is 31.0. The fourth-order valence-electron chi connectivity index (χ4n) is 3.08. The van der Waals surface area contributed by atoms with Crippen molar-refractivity contribution in [2.24, 2.45) is 5.92 Å². The van der Waals surface area contributed by atoms with Crippen LogP contribution in [0.2, 0.25) is 0 Å². The van der Waals surface area contributed by atoms with Gasteiger partial charge in [0.25, 0.3) is 0 Å². The Morgan fingerprint density at radius 3 is 2.73 bits per heavy atom. The van der Waals surface area contributed by atoms with Crippen molar-refractivity contribution in [3.05, 3.63) is 47.1 Å². The smallest absolute Gasteiger partial charge is 0.334 e. The molecule has 6 heteroatoms. The number of hydrogen-bond donors (Lipinski definition) is 1. The molecule has 0 radical (unpaired) electrons. The number of hydrogen-bond acceptors (Lipinski definition) is 5. The molecule has 0 spiro atoms. The van der Waals surface area contributed by atoms with Crippen LogP contribution in [0.1, 0.15) is 40.0 Å². The fraction of sp³-hybridized carbons (Fsp3) is 0.450. The van der Waals surface area contributed by atoms with E-state index in [4.69, 9.17) is 9.47 Å². The average molecular weight is 360 g/mol. The van der Waals surface area contributed by atoms with Gasteiger partial charge in [-0.2, -0.15) is 0 Å². The van der Waals surface area contributed by atoms with Gasteiger partial charge in [0.15, 0.2) is 0 Å². The predicted octanol–water partition coefficient (Wildman–Crippen LogP) is 3.10. The number of carbonyl (C=O) groups is 3. The molecule has 0 bridgehead atoms. The van der Waals surface area contributed by atoms with E-state index in [1.54, 1.807) is 26.0 Å². The van der Waals surface area contributed by atoms with E-state index < -0.39 is 36.0 Å². The van der Waals surface area contributed by atoms with E-state index in [2.05, 4.69) is 6.58 Å². The zero-order valence-corrected chi connectivity index (χ0v) is 15.3. The van der Waals surface area contributed by atoms with Crippen LogP contribution in [0, 0.1) is 5.92 Å². The molecule has 1 N–H and O–H groups in total. The highest BCUT2D eigenvalue weighted by Gasteiger charge is 2.45. The summed E-state index contributed by atoms with van der Waals surface area (Å²) in [5.41, 5.74) is 1.73. The van der Waals surface area contributed by atoms with E-state index in [0.717, 1.165) is 5.57 Å². The summed E-state index contributed by atoms with van der Waals surface area (Å²) < 4.78 is 11.0. The summed E-state index contributed by atoms with van der Waals surface area (Å²) in [6, 6.07) is 0. The molecule has 2 rings (SSSR count). The average Bonchev–Trinajstić information content (AvgIpc) is 2.85. The van der Waals surface area contributed by atoms with Gasteiger partial charge in [0.05, 0.1) is 5.92 Å². The fourth-order valence-corrected chi connectivity index (χ4v) is 3.08. The summed E-state index contributed by atoms with van der Waals surface area (Å²) in [7, 11) is 0. The van der Waals surface area contributed by atoms with Crippen molar-refractivity contribution >= 4 is 17.9 Å². The highest BCUT2D eigenvalue weighted by Crippen LogP contribution is 2.36. The van der Waals surface area contributed by atoms with Gasteiger partial charge in [-0.15, -0.1) is 0 Å². The minimum Gasteiger partial charge on any atom is -0.478 e. The zero-order chi connectivity index (χ0) is 19.4. The van der Waals surface area contributed by atoms with E-state index >= 15 is 0 Å². The number of carbonyl (C=O) groups excluding carboxylic acids is 2. The van der Waals surface area contributed by atoms with Crippen LogP contribution in [0.3, 0.4) is 0 Å². The Labute approximate surface area is 152 Å². The van der Waals surface area contributed by atoms with Crippen molar-refractivity contribution in [1.29, 1.82) is 0 Å². The van der Waals surface area contributed by atoms with Crippen LogP contribution in [-0.4, -0.2) is 35.2 Å². The lowest BCUT2D eigenvalue weighted by Gasteiger charge is -2.27. The number of carboxylic acid groups (broad SMARTS) is 1. The number of aliphatic carboxylic acids is 1. The maximum absolute atomic E-state index is 12.3. The Morgan fingerprint density at radius 1 is 1.42 bits per heavy atom. The summed E-state index contributed by atoms with van der Waals surface area (Å²) in [6.45, 7) is 9.01. The predicted molar refractivity (Wildman–Crippen MR) is 95.1 cm³/mol. The summed E-state index contributed by atoms with van der Waals surface area (Å²) in [6.07, 6.45) is 4.81. The third kappa shape index (κ3) is 4.31. The molecule has 1 heterocycles. The molecule has 0 amide bonds. The Balaban J connectivity index is 2.46. The van der Waals surface area contributed by atoms with Gasteiger partial charge in [-0.05, 0) is 39.7 Å². The summed E-state index contributed by atoms with van der Waals surface area (Å²) >= 11 is 0. The summed E-state index contributed by atoms with van der Waals surface area (Å²) in [5.74, 6) is -2.78. The van der Waals surface area contributed by atoms with Gasteiger partial charge in [-0.1, -0.05) is 24.3 Å². The molecular weight excluding hydrogens is 336 g/mol. The molecular formula is C20H24O6. The van der Waals surface area contributed by atoms with E-state index in [9.17, 15) is 19.5 Å². The molecule has 6 nitrogen and oxygen atoms in total. The van der Waals surface area contributed by atoms with Crippen molar-refractivity contribution in [1.82, 2.24) is 0 Å². The number of fused-ring (bicyclic) bond motifs is 1. The van der Waals surface area contributed by atoms with Crippen molar-refractivity contribution in [3.8, 4) is 0 Å². The van der Waals surface area contributed by atoms with Gasteiger partial charge in [0.1, 0.15) is 12.2 Å². The van der Waals surface area contributed by atoms with Crippen LogP contribution >= 0.6 is 0 Å². The molecule has 140 valence electrons. The van der Waals surface area contributed by atoms with E-state index in [-0.39, 0.29) is 17.6 Å². The first kappa shape index (κ1) is 19.7. The standard InChI is InChI=1S/C20H24O6/c1-5-12(3)19(23)25-16-10-14(18(21)22)8-6-7-11(2)9-15-17(16)13(4)20(24)26-15/h5,8-9,15-17H,4,6-7,10H2,1-3H3,(H,21,22)/b11-9-,12-5-,14-8+/t15-,16-,17+/m1/s1. The highest BCUT2D eigenvalue weighted by molar-refractivity contribution is 5.92. The van der Waals surface area contributed by atoms with Gasteiger partial charge in [0.2, 0.25) is 0 Å². The van der Waals surface area contributed by atoms with Gasteiger partial charge in [-0.25, -0.2) is 14.4 Å². The lowest BCUT2D eigenvalue weighted by atomic mass is 9.85. The number of ether oxygens (including phenoxy) is 2. The van der Waals surface area contributed by atoms with Gasteiger partial charge in [0, 0.05) is 23.1 Å². The van der Waals surface area contributed by atoms with Crippen molar-refractivity contribution in [2.45, 2.75) is 52.2 Å². The topological polar surface area (TPSA) is 89.9 Å².